The number of para-hydroxylation sites is 1. The van der Waals surface area contributed by atoms with Crippen molar-refractivity contribution in [1.29, 1.82) is 0 Å². The zero-order chi connectivity index (χ0) is 14.4. The van der Waals surface area contributed by atoms with E-state index in [1.807, 2.05) is 0 Å². The minimum atomic E-state index is 0.378. The van der Waals surface area contributed by atoms with Gasteiger partial charge in [-0.3, -0.25) is 0 Å². The second kappa shape index (κ2) is 7.65. The summed E-state index contributed by atoms with van der Waals surface area (Å²) in [6.45, 7) is 8.68. The Morgan fingerprint density at radius 3 is 2.80 bits per heavy atom. The van der Waals surface area contributed by atoms with Crippen LogP contribution in [-0.4, -0.2) is 38.2 Å². The smallest absolute Gasteiger partial charge is 0.127 e. The highest BCUT2D eigenvalue weighted by atomic mass is 16.5. The SMILES string of the molecule is CCN(CC)CCC(NC)c1cccc2c1OCCC2. The van der Waals surface area contributed by atoms with Crippen LogP contribution in [0.25, 0.3) is 0 Å². The van der Waals surface area contributed by atoms with E-state index in [1.54, 1.807) is 0 Å². The summed E-state index contributed by atoms with van der Waals surface area (Å²) in [6, 6.07) is 6.97. The van der Waals surface area contributed by atoms with Crippen molar-refractivity contribution >= 4 is 0 Å². The molecule has 0 amide bonds. The molecule has 3 heteroatoms. The lowest BCUT2D eigenvalue weighted by Crippen LogP contribution is -2.28. The first-order valence-corrected chi connectivity index (χ1v) is 7.94. The van der Waals surface area contributed by atoms with E-state index in [-0.39, 0.29) is 0 Å². The van der Waals surface area contributed by atoms with E-state index < -0.39 is 0 Å². The van der Waals surface area contributed by atoms with Gasteiger partial charge in [0.15, 0.2) is 0 Å². The topological polar surface area (TPSA) is 24.5 Å². The Labute approximate surface area is 123 Å². The molecule has 1 N–H and O–H groups in total. The van der Waals surface area contributed by atoms with Crippen molar-refractivity contribution in [2.75, 3.05) is 33.3 Å². The molecule has 1 aromatic carbocycles. The average Bonchev–Trinajstić information content (AvgIpc) is 2.51. The predicted octanol–water partition coefficient (Wildman–Crippen LogP) is 3.00. The van der Waals surface area contributed by atoms with Crippen LogP contribution in [0, 0.1) is 0 Å². The van der Waals surface area contributed by atoms with Crippen LogP contribution in [-0.2, 0) is 6.42 Å². The van der Waals surface area contributed by atoms with Crippen molar-refractivity contribution in [1.82, 2.24) is 10.2 Å². The van der Waals surface area contributed by atoms with E-state index in [1.165, 1.54) is 11.1 Å². The van der Waals surface area contributed by atoms with Crippen LogP contribution >= 0.6 is 0 Å². The van der Waals surface area contributed by atoms with E-state index in [0.717, 1.165) is 51.3 Å². The zero-order valence-corrected chi connectivity index (χ0v) is 13.1. The fourth-order valence-electron chi connectivity index (χ4n) is 3.00. The number of nitrogens with zero attached hydrogens (tertiary/aromatic N) is 1. The lowest BCUT2D eigenvalue weighted by molar-refractivity contribution is 0.269. The lowest BCUT2D eigenvalue weighted by Gasteiger charge is -2.27. The third-order valence-corrected chi connectivity index (χ3v) is 4.32. The number of rotatable bonds is 7. The summed E-state index contributed by atoms with van der Waals surface area (Å²) in [5.41, 5.74) is 2.70. The third kappa shape index (κ3) is 3.53. The van der Waals surface area contributed by atoms with E-state index in [0.29, 0.717) is 6.04 Å². The fourth-order valence-corrected chi connectivity index (χ4v) is 3.00. The molecule has 0 aromatic heterocycles. The van der Waals surface area contributed by atoms with Gasteiger partial charge in [0.25, 0.3) is 0 Å². The quantitative estimate of drug-likeness (QED) is 0.828. The van der Waals surface area contributed by atoms with Crippen molar-refractivity contribution in [3.05, 3.63) is 29.3 Å². The summed E-state index contributed by atoms with van der Waals surface area (Å²) < 4.78 is 5.94. The summed E-state index contributed by atoms with van der Waals surface area (Å²) in [7, 11) is 2.05. The average molecular weight is 276 g/mol. The number of ether oxygens (including phenoxy) is 1. The van der Waals surface area contributed by atoms with Gasteiger partial charge in [-0.15, -0.1) is 0 Å². The molecule has 1 heterocycles. The number of hydrogen-bond donors (Lipinski definition) is 1. The molecule has 2 rings (SSSR count). The van der Waals surface area contributed by atoms with Gasteiger partial charge in [-0.05, 0) is 51.5 Å². The van der Waals surface area contributed by atoms with Crippen LogP contribution in [0.5, 0.6) is 5.75 Å². The van der Waals surface area contributed by atoms with Crippen LogP contribution in [0.3, 0.4) is 0 Å². The zero-order valence-electron chi connectivity index (χ0n) is 13.1. The fraction of sp³-hybridized carbons (Fsp3) is 0.647. The van der Waals surface area contributed by atoms with Gasteiger partial charge in [0.1, 0.15) is 5.75 Å². The first kappa shape index (κ1) is 15.3. The Hall–Kier alpha value is -1.06. The maximum atomic E-state index is 5.94. The molecule has 20 heavy (non-hydrogen) atoms. The summed E-state index contributed by atoms with van der Waals surface area (Å²) in [5, 5.41) is 3.47. The van der Waals surface area contributed by atoms with E-state index in [9.17, 15) is 0 Å². The van der Waals surface area contributed by atoms with Gasteiger partial charge in [0, 0.05) is 11.6 Å². The summed E-state index contributed by atoms with van der Waals surface area (Å²) in [6.07, 6.45) is 3.41. The van der Waals surface area contributed by atoms with Crippen LogP contribution in [0.15, 0.2) is 18.2 Å². The van der Waals surface area contributed by atoms with Crippen LogP contribution in [0.1, 0.15) is 43.9 Å². The van der Waals surface area contributed by atoms with Crippen LogP contribution in [0.2, 0.25) is 0 Å². The molecule has 0 saturated carbocycles. The molecule has 1 unspecified atom stereocenters. The van der Waals surface area contributed by atoms with Gasteiger partial charge in [-0.2, -0.15) is 0 Å². The molecule has 1 atom stereocenters. The molecular formula is C17H28N2O. The standard InChI is InChI=1S/C17H28N2O/c1-4-19(5-2)12-11-16(18-3)15-10-6-8-14-9-7-13-20-17(14)15/h6,8,10,16,18H,4-5,7,9,11-13H2,1-3H3. The number of benzene rings is 1. The highest BCUT2D eigenvalue weighted by Crippen LogP contribution is 2.34. The Morgan fingerprint density at radius 1 is 1.30 bits per heavy atom. The van der Waals surface area contributed by atoms with E-state index in [4.69, 9.17) is 4.74 Å². The first-order chi connectivity index (χ1) is 9.80. The highest BCUT2D eigenvalue weighted by Gasteiger charge is 2.20. The summed E-state index contributed by atoms with van der Waals surface area (Å²) >= 11 is 0. The molecule has 0 saturated heterocycles. The number of fused-ring (bicyclic) bond motifs is 1. The molecule has 0 spiro atoms. The predicted molar refractivity (Wildman–Crippen MR) is 84.5 cm³/mol. The first-order valence-electron chi connectivity index (χ1n) is 7.94. The maximum Gasteiger partial charge on any atom is 0.127 e. The minimum Gasteiger partial charge on any atom is -0.493 e. The second-order valence-electron chi connectivity index (χ2n) is 5.44. The van der Waals surface area contributed by atoms with Crippen molar-refractivity contribution in [2.24, 2.45) is 0 Å². The van der Waals surface area contributed by atoms with Crippen molar-refractivity contribution in [3.8, 4) is 5.75 Å². The Balaban J connectivity index is 2.11. The van der Waals surface area contributed by atoms with E-state index in [2.05, 4.69) is 49.3 Å². The van der Waals surface area contributed by atoms with Crippen molar-refractivity contribution in [2.45, 2.75) is 39.2 Å². The summed E-state index contributed by atoms with van der Waals surface area (Å²) in [4.78, 5) is 2.47. The molecule has 1 aliphatic rings. The Kier molecular flexibility index (Phi) is 5.86. The van der Waals surface area contributed by atoms with Gasteiger partial charge in [0.2, 0.25) is 0 Å². The normalized spacial score (nSPS) is 15.8. The molecular weight excluding hydrogens is 248 g/mol. The second-order valence-corrected chi connectivity index (χ2v) is 5.44. The lowest BCUT2D eigenvalue weighted by atomic mass is 9.96. The molecule has 0 aliphatic carbocycles. The molecule has 0 bridgehead atoms. The van der Waals surface area contributed by atoms with Crippen LogP contribution < -0.4 is 10.1 Å². The molecule has 0 radical (unpaired) electrons. The number of aryl methyl sites for hydroxylation is 1. The molecule has 0 fully saturated rings. The molecule has 1 aromatic rings. The number of hydrogen-bond acceptors (Lipinski definition) is 3. The maximum absolute atomic E-state index is 5.94. The van der Waals surface area contributed by atoms with Crippen molar-refractivity contribution < 1.29 is 4.74 Å². The number of nitrogens with one attached hydrogen (secondary N) is 1. The minimum absolute atomic E-state index is 0.378. The van der Waals surface area contributed by atoms with Gasteiger partial charge in [-0.1, -0.05) is 32.0 Å². The van der Waals surface area contributed by atoms with Crippen LogP contribution in [0.4, 0.5) is 0 Å². The van der Waals surface area contributed by atoms with E-state index >= 15 is 0 Å². The molecule has 1 aliphatic heterocycles. The molecule has 112 valence electrons. The highest BCUT2D eigenvalue weighted by molar-refractivity contribution is 5.44. The third-order valence-electron chi connectivity index (χ3n) is 4.32. The largest absolute Gasteiger partial charge is 0.493 e. The van der Waals surface area contributed by atoms with Crippen molar-refractivity contribution in [3.63, 3.8) is 0 Å². The Morgan fingerprint density at radius 2 is 2.10 bits per heavy atom. The summed E-state index contributed by atoms with van der Waals surface area (Å²) in [5.74, 6) is 1.14. The van der Waals surface area contributed by atoms with Gasteiger partial charge >= 0.3 is 0 Å². The molecule has 3 nitrogen and oxygen atoms in total. The monoisotopic (exact) mass is 276 g/mol. The van der Waals surface area contributed by atoms with Gasteiger partial charge < -0.3 is 15.0 Å². The van der Waals surface area contributed by atoms with Gasteiger partial charge in [0.05, 0.1) is 6.61 Å². The van der Waals surface area contributed by atoms with Gasteiger partial charge in [-0.25, -0.2) is 0 Å². The Bertz CT molecular complexity index is 415.